The highest BCUT2D eigenvalue weighted by Gasteiger charge is 2.23. The molecule has 6 nitrogen and oxygen atoms in total. The Balaban J connectivity index is 1.47. The number of rotatable bonds is 5. The molecule has 0 radical (unpaired) electrons. The minimum atomic E-state index is 0.667. The van der Waals surface area contributed by atoms with E-state index < -0.39 is 0 Å². The zero-order valence-electron chi connectivity index (χ0n) is 12.7. The molecule has 21 heavy (non-hydrogen) atoms. The van der Waals surface area contributed by atoms with Gasteiger partial charge in [-0.05, 0) is 43.5 Å². The van der Waals surface area contributed by atoms with Gasteiger partial charge in [0.05, 0.1) is 6.54 Å². The van der Waals surface area contributed by atoms with Crippen molar-refractivity contribution in [2.45, 2.75) is 19.9 Å². The molecule has 1 fully saturated rings. The largest absolute Gasteiger partial charge is 0.370 e. The quantitative estimate of drug-likeness (QED) is 0.901. The van der Waals surface area contributed by atoms with E-state index in [9.17, 15) is 0 Å². The first-order valence-corrected chi connectivity index (χ1v) is 7.42. The molecule has 0 aromatic carbocycles. The molecule has 2 aromatic heterocycles. The van der Waals surface area contributed by atoms with Gasteiger partial charge in [0.2, 0.25) is 0 Å². The van der Waals surface area contributed by atoms with Gasteiger partial charge in [0.25, 0.3) is 0 Å². The summed E-state index contributed by atoms with van der Waals surface area (Å²) in [4.78, 5) is 11.1. The second-order valence-corrected chi connectivity index (χ2v) is 5.79. The average molecular weight is 286 g/mol. The van der Waals surface area contributed by atoms with Crippen LogP contribution in [-0.2, 0) is 13.6 Å². The molecule has 0 aliphatic carbocycles. The van der Waals surface area contributed by atoms with Crippen molar-refractivity contribution in [3.05, 3.63) is 36.0 Å². The molecule has 0 saturated carbocycles. The van der Waals surface area contributed by atoms with E-state index >= 15 is 0 Å². The molecular weight excluding hydrogens is 264 g/mol. The molecule has 3 heterocycles. The van der Waals surface area contributed by atoms with Crippen LogP contribution < -0.4 is 5.32 Å². The highest BCUT2D eigenvalue weighted by molar-refractivity contribution is 5.36. The highest BCUT2D eigenvalue weighted by Crippen LogP contribution is 2.18. The normalized spacial score (nSPS) is 19.0. The number of aromatic nitrogens is 4. The van der Waals surface area contributed by atoms with Crippen LogP contribution in [-0.4, -0.2) is 44.3 Å². The lowest BCUT2D eigenvalue weighted by atomic mass is 10.1. The van der Waals surface area contributed by atoms with E-state index in [-0.39, 0.29) is 0 Å². The molecule has 0 amide bonds. The number of hydrogen-bond donors (Lipinski definition) is 1. The van der Waals surface area contributed by atoms with E-state index in [2.05, 4.69) is 38.3 Å². The summed E-state index contributed by atoms with van der Waals surface area (Å²) in [5.74, 6) is 2.67. The Morgan fingerprint density at radius 3 is 3.05 bits per heavy atom. The smallest absolute Gasteiger partial charge is 0.140 e. The third-order valence-electron chi connectivity index (χ3n) is 4.03. The van der Waals surface area contributed by atoms with Crippen LogP contribution in [0, 0.1) is 12.8 Å². The second kappa shape index (κ2) is 6.22. The molecule has 1 saturated heterocycles. The fraction of sp³-hybridized carbons (Fsp3) is 0.533. The first kappa shape index (κ1) is 14.0. The Labute approximate surface area is 125 Å². The number of pyridine rings is 1. The number of anilines is 1. The van der Waals surface area contributed by atoms with Gasteiger partial charge in [-0.25, -0.2) is 9.97 Å². The van der Waals surface area contributed by atoms with Crippen LogP contribution in [0.2, 0.25) is 0 Å². The molecule has 3 rings (SSSR count). The van der Waals surface area contributed by atoms with Crippen molar-refractivity contribution in [1.82, 2.24) is 24.6 Å². The van der Waals surface area contributed by atoms with Crippen LogP contribution in [0.4, 0.5) is 5.82 Å². The van der Waals surface area contributed by atoms with Gasteiger partial charge < -0.3 is 5.32 Å². The first-order chi connectivity index (χ1) is 10.2. The second-order valence-electron chi connectivity index (χ2n) is 5.79. The summed E-state index contributed by atoms with van der Waals surface area (Å²) in [5, 5.41) is 7.57. The van der Waals surface area contributed by atoms with E-state index in [0.29, 0.717) is 5.92 Å². The number of nitrogens with zero attached hydrogens (tertiary/aromatic N) is 5. The topological polar surface area (TPSA) is 58.9 Å². The molecule has 112 valence electrons. The van der Waals surface area contributed by atoms with Crippen molar-refractivity contribution in [3.63, 3.8) is 0 Å². The fourth-order valence-corrected chi connectivity index (χ4v) is 2.77. The van der Waals surface area contributed by atoms with Crippen LogP contribution in [0.15, 0.2) is 24.7 Å². The lowest BCUT2D eigenvalue weighted by molar-refractivity contribution is 0.305. The van der Waals surface area contributed by atoms with Gasteiger partial charge in [0.15, 0.2) is 0 Å². The molecule has 1 aliphatic rings. The lowest BCUT2D eigenvalue weighted by Crippen LogP contribution is -2.24. The Hall–Kier alpha value is -1.95. The maximum Gasteiger partial charge on any atom is 0.140 e. The van der Waals surface area contributed by atoms with E-state index in [1.165, 1.54) is 12.0 Å². The highest BCUT2D eigenvalue weighted by atomic mass is 15.3. The van der Waals surface area contributed by atoms with Crippen molar-refractivity contribution >= 4 is 5.82 Å². The van der Waals surface area contributed by atoms with E-state index in [0.717, 1.165) is 37.8 Å². The van der Waals surface area contributed by atoms with Crippen molar-refractivity contribution in [1.29, 1.82) is 0 Å². The minimum absolute atomic E-state index is 0.667. The van der Waals surface area contributed by atoms with Crippen molar-refractivity contribution in [2.24, 2.45) is 13.0 Å². The number of aryl methyl sites for hydroxylation is 2. The summed E-state index contributed by atoms with van der Waals surface area (Å²) in [6.07, 6.45) is 4.69. The maximum absolute atomic E-state index is 4.35. The standard InChI is InChI=1S/C15H22N6/c1-12-3-5-16-14(7-12)17-8-13-4-6-21(9-13)10-15-18-11-19-20(15)2/h3,5,7,11,13H,4,6,8-10H2,1-2H3,(H,16,17). The predicted molar refractivity (Wildman–Crippen MR) is 81.9 cm³/mol. The van der Waals surface area contributed by atoms with Crippen LogP contribution in [0.25, 0.3) is 0 Å². The molecule has 1 aliphatic heterocycles. The molecule has 2 aromatic rings. The van der Waals surface area contributed by atoms with Gasteiger partial charge in [0.1, 0.15) is 18.0 Å². The molecule has 6 heteroatoms. The zero-order valence-corrected chi connectivity index (χ0v) is 12.7. The van der Waals surface area contributed by atoms with Gasteiger partial charge in [-0.15, -0.1) is 0 Å². The molecular formula is C15H22N6. The molecule has 0 bridgehead atoms. The van der Waals surface area contributed by atoms with Crippen LogP contribution in [0.3, 0.4) is 0 Å². The summed E-state index contributed by atoms with van der Waals surface area (Å²) >= 11 is 0. The number of hydrogen-bond acceptors (Lipinski definition) is 5. The molecule has 1 atom stereocenters. The molecule has 0 spiro atoms. The van der Waals surface area contributed by atoms with E-state index in [1.807, 2.05) is 24.0 Å². The van der Waals surface area contributed by atoms with Gasteiger partial charge >= 0.3 is 0 Å². The van der Waals surface area contributed by atoms with E-state index in [1.54, 1.807) is 6.33 Å². The van der Waals surface area contributed by atoms with Gasteiger partial charge in [-0.1, -0.05) is 0 Å². The van der Waals surface area contributed by atoms with Gasteiger partial charge in [0, 0.05) is 26.3 Å². The Morgan fingerprint density at radius 1 is 1.38 bits per heavy atom. The third-order valence-corrected chi connectivity index (χ3v) is 4.03. The molecule has 1 N–H and O–H groups in total. The number of nitrogens with one attached hydrogen (secondary N) is 1. The summed E-state index contributed by atoms with van der Waals surface area (Å²) in [5.41, 5.74) is 1.24. The minimum Gasteiger partial charge on any atom is -0.370 e. The summed E-state index contributed by atoms with van der Waals surface area (Å²) in [6, 6.07) is 4.11. The van der Waals surface area contributed by atoms with Crippen LogP contribution in [0.5, 0.6) is 0 Å². The van der Waals surface area contributed by atoms with Crippen LogP contribution >= 0.6 is 0 Å². The zero-order chi connectivity index (χ0) is 14.7. The monoisotopic (exact) mass is 286 g/mol. The molecule has 1 unspecified atom stereocenters. The van der Waals surface area contributed by atoms with Gasteiger partial charge in [-0.3, -0.25) is 9.58 Å². The Bertz CT molecular complexity index is 593. The first-order valence-electron chi connectivity index (χ1n) is 7.42. The summed E-state index contributed by atoms with van der Waals surface area (Å²) in [7, 11) is 1.95. The number of likely N-dealkylation sites (tertiary alicyclic amines) is 1. The summed E-state index contributed by atoms with van der Waals surface area (Å²) < 4.78 is 1.85. The van der Waals surface area contributed by atoms with Crippen molar-refractivity contribution in [2.75, 3.05) is 25.0 Å². The maximum atomic E-state index is 4.35. The van der Waals surface area contributed by atoms with Crippen molar-refractivity contribution in [3.8, 4) is 0 Å². The predicted octanol–water partition coefficient (Wildman–Crippen LogP) is 1.45. The van der Waals surface area contributed by atoms with Gasteiger partial charge in [-0.2, -0.15) is 5.10 Å². The lowest BCUT2D eigenvalue weighted by Gasteiger charge is -2.15. The van der Waals surface area contributed by atoms with Crippen LogP contribution in [0.1, 0.15) is 17.8 Å². The SMILES string of the molecule is Cc1ccnc(NCC2CCN(Cc3ncnn3C)C2)c1. The summed E-state index contributed by atoms with van der Waals surface area (Å²) in [6.45, 7) is 6.18. The Morgan fingerprint density at radius 2 is 2.29 bits per heavy atom. The fourth-order valence-electron chi connectivity index (χ4n) is 2.77. The van der Waals surface area contributed by atoms with Crippen molar-refractivity contribution < 1.29 is 0 Å². The third kappa shape index (κ3) is 3.58. The Kier molecular flexibility index (Phi) is 4.15. The van der Waals surface area contributed by atoms with E-state index in [4.69, 9.17) is 0 Å². The average Bonchev–Trinajstić information content (AvgIpc) is 3.07.